The SMILES string of the molecule is O=C(NCCCN1CCOCC1)C(=O)NCCCN1CCOCC1. The van der Waals surface area contributed by atoms with E-state index in [0.29, 0.717) is 13.1 Å². The van der Waals surface area contributed by atoms with Gasteiger partial charge in [-0.05, 0) is 25.9 Å². The highest BCUT2D eigenvalue weighted by Gasteiger charge is 2.14. The molecule has 0 aromatic carbocycles. The quantitative estimate of drug-likeness (QED) is 0.420. The molecule has 2 heterocycles. The Balaban J connectivity index is 1.45. The van der Waals surface area contributed by atoms with Crippen molar-refractivity contribution in [1.82, 2.24) is 20.4 Å². The van der Waals surface area contributed by atoms with E-state index >= 15 is 0 Å². The van der Waals surface area contributed by atoms with E-state index in [1.807, 2.05) is 0 Å². The molecule has 2 saturated heterocycles. The minimum atomic E-state index is -0.539. The zero-order valence-corrected chi connectivity index (χ0v) is 14.4. The molecule has 0 unspecified atom stereocenters. The second-order valence-corrected chi connectivity index (χ2v) is 6.13. The normalized spacial score (nSPS) is 19.8. The predicted molar refractivity (Wildman–Crippen MR) is 89.8 cm³/mol. The molecule has 0 radical (unpaired) electrons. The Hall–Kier alpha value is -1.22. The number of carbonyl (C=O) groups excluding carboxylic acids is 2. The van der Waals surface area contributed by atoms with Crippen molar-refractivity contribution in [3.63, 3.8) is 0 Å². The number of morpholine rings is 2. The van der Waals surface area contributed by atoms with Crippen LogP contribution in [0, 0.1) is 0 Å². The van der Waals surface area contributed by atoms with Crippen LogP contribution in [-0.2, 0) is 19.1 Å². The Labute approximate surface area is 143 Å². The van der Waals surface area contributed by atoms with Crippen LogP contribution >= 0.6 is 0 Å². The van der Waals surface area contributed by atoms with Gasteiger partial charge in [0.25, 0.3) is 0 Å². The van der Waals surface area contributed by atoms with Gasteiger partial charge in [0.15, 0.2) is 0 Å². The molecule has 2 amide bonds. The van der Waals surface area contributed by atoms with Crippen LogP contribution in [0.4, 0.5) is 0 Å². The molecule has 2 fully saturated rings. The van der Waals surface area contributed by atoms with Crippen LogP contribution in [0.25, 0.3) is 0 Å². The first-order valence-corrected chi connectivity index (χ1v) is 8.92. The Morgan fingerprint density at radius 3 is 1.46 bits per heavy atom. The summed E-state index contributed by atoms with van der Waals surface area (Å²) in [4.78, 5) is 28.0. The van der Waals surface area contributed by atoms with Crippen molar-refractivity contribution in [2.75, 3.05) is 78.8 Å². The fourth-order valence-electron chi connectivity index (χ4n) is 2.82. The van der Waals surface area contributed by atoms with E-state index in [2.05, 4.69) is 20.4 Å². The molecular weight excluding hydrogens is 312 g/mol. The molecule has 2 N–H and O–H groups in total. The summed E-state index contributed by atoms with van der Waals surface area (Å²) in [5, 5.41) is 5.35. The Bertz CT molecular complexity index is 346. The summed E-state index contributed by atoms with van der Waals surface area (Å²) in [7, 11) is 0. The average Bonchev–Trinajstić information content (AvgIpc) is 2.63. The summed E-state index contributed by atoms with van der Waals surface area (Å²) in [5.74, 6) is -1.08. The maximum Gasteiger partial charge on any atom is 0.309 e. The maximum absolute atomic E-state index is 11.7. The minimum absolute atomic E-state index is 0.525. The predicted octanol–water partition coefficient (Wildman–Crippen LogP) is -1.34. The lowest BCUT2D eigenvalue weighted by molar-refractivity contribution is -0.139. The molecule has 2 rings (SSSR count). The topological polar surface area (TPSA) is 83.1 Å². The smallest absolute Gasteiger partial charge is 0.309 e. The van der Waals surface area contributed by atoms with Crippen LogP contribution in [0.5, 0.6) is 0 Å². The first kappa shape index (κ1) is 19.1. The van der Waals surface area contributed by atoms with Gasteiger partial charge >= 0.3 is 11.8 Å². The summed E-state index contributed by atoms with van der Waals surface area (Å²) < 4.78 is 10.6. The number of nitrogens with one attached hydrogen (secondary N) is 2. The summed E-state index contributed by atoms with van der Waals surface area (Å²) >= 11 is 0. The van der Waals surface area contributed by atoms with Crippen molar-refractivity contribution in [3.05, 3.63) is 0 Å². The molecule has 138 valence electrons. The number of rotatable bonds is 8. The number of nitrogens with zero attached hydrogens (tertiary/aromatic N) is 2. The van der Waals surface area contributed by atoms with Gasteiger partial charge in [0.2, 0.25) is 0 Å². The molecule has 0 bridgehead atoms. The molecular formula is C16H30N4O4. The van der Waals surface area contributed by atoms with Gasteiger partial charge in [-0.1, -0.05) is 0 Å². The standard InChI is InChI=1S/C16H30N4O4/c21-15(17-3-1-5-19-7-11-23-12-8-19)16(22)18-4-2-6-20-9-13-24-14-10-20/h1-14H2,(H,17,21)(H,18,22). The van der Waals surface area contributed by atoms with E-state index in [1.54, 1.807) is 0 Å². The lowest BCUT2D eigenvalue weighted by atomic mass is 10.3. The van der Waals surface area contributed by atoms with Crippen molar-refractivity contribution < 1.29 is 19.1 Å². The molecule has 0 saturated carbocycles. The third-order valence-corrected chi connectivity index (χ3v) is 4.29. The van der Waals surface area contributed by atoms with Gasteiger partial charge in [-0.2, -0.15) is 0 Å². The third-order valence-electron chi connectivity index (χ3n) is 4.29. The number of amides is 2. The van der Waals surface area contributed by atoms with Crippen molar-refractivity contribution in [3.8, 4) is 0 Å². The molecule has 8 nitrogen and oxygen atoms in total. The summed E-state index contributed by atoms with van der Waals surface area (Å²) in [6, 6.07) is 0. The highest BCUT2D eigenvalue weighted by molar-refractivity contribution is 6.35. The number of hydrogen-bond acceptors (Lipinski definition) is 6. The number of ether oxygens (including phenoxy) is 2. The van der Waals surface area contributed by atoms with Crippen LogP contribution in [-0.4, -0.2) is 100 Å². The fraction of sp³-hybridized carbons (Fsp3) is 0.875. The molecule has 0 atom stereocenters. The fourth-order valence-corrected chi connectivity index (χ4v) is 2.82. The molecule has 0 aromatic rings. The largest absolute Gasteiger partial charge is 0.379 e. The zero-order valence-electron chi connectivity index (χ0n) is 14.4. The van der Waals surface area contributed by atoms with Crippen molar-refractivity contribution in [1.29, 1.82) is 0 Å². The van der Waals surface area contributed by atoms with Gasteiger partial charge in [-0.25, -0.2) is 0 Å². The Morgan fingerprint density at radius 1 is 0.708 bits per heavy atom. The van der Waals surface area contributed by atoms with Crippen LogP contribution in [0.1, 0.15) is 12.8 Å². The van der Waals surface area contributed by atoms with Gasteiger partial charge < -0.3 is 20.1 Å². The van der Waals surface area contributed by atoms with E-state index in [-0.39, 0.29) is 0 Å². The van der Waals surface area contributed by atoms with Crippen LogP contribution in [0.15, 0.2) is 0 Å². The Kier molecular flexibility index (Phi) is 9.04. The molecule has 0 aliphatic carbocycles. The highest BCUT2D eigenvalue weighted by atomic mass is 16.5. The van der Waals surface area contributed by atoms with Crippen molar-refractivity contribution >= 4 is 11.8 Å². The summed E-state index contributed by atoms with van der Waals surface area (Å²) in [6.45, 7) is 9.77. The lowest BCUT2D eigenvalue weighted by Gasteiger charge is -2.26. The van der Waals surface area contributed by atoms with Crippen molar-refractivity contribution in [2.45, 2.75) is 12.8 Å². The highest BCUT2D eigenvalue weighted by Crippen LogP contribution is 1.98. The molecule has 2 aliphatic rings. The minimum Gasteiger partial charge on any atom is -0.379 e. The first-order valence-electron chi connectivity index (χ1n) is 8.92. The van der Waals surface area contributed by atoms with E-state index in [4.69, 9.17) is 9.47 Å². The molecule has 2 aliphatic heterocycles. The molecule has 8 heteroatoms. The Morgan fingerprint density at radius 2 is 1.08 bits per heavy atom. The maximum atomic E-state index is 11.7. The van der Waals surface area contributed by atoms with Crippen LogP contribution in [0.3, 0.4) is 0 Å². The van der Waals surface area contributed by atoms with Gasteiger partial charge in [-0.15, -0.1) is 0 Å². The van der Waals surface area contributed by atoms with Gasteiger partial charge in [0.05, 0.1) is 26.4 Å². The van der Waals surface area contributed by atoms with E-state index in [9.17, 15) is 9.59 Å². The molecule has 24 heavy (non-hydrogen) atoms. The average molecular weight is 342 g/mol. The van der Waals surface area contributed by atoms with Crippen LogP contribution < -0.4 is 10.6 Å². The van der Waals surface area contributed by atoms with E-state index in [0.717, 1.165) is 78.5 Å². The second-order valence-electron chi connectivity index (χ2n) is 6.13. The van der Waals surface area contributed by atoms with Crippen molar-refractivity contribution in [2.24, 2.45) is 0 Å². The third kappa shape index (κ3) is 7.57. The monoisotopic (exact) mass is 342 g/mol. The second kappa shape index (κ2) is 11.4. The zero-order chi connectivity index (χ0) is 17.0. The first-order chi connectivity index (χ1) is 11.8. The van der Waals surface area contributed by atoms with E-state index < -0.39 is 11.8 Å². The van der Waals surface area contributed by atoms with Gasteiger partial charge in [0, 0.05) is 39.3 Å². The van der Waals surface area contributed by atoms with Gasteiger partial charge in [0.1, 0.15) is 0 Å². The number of hydrogen-bond donors (Lipinski definition) is 2. The molecule has 0 spiro atoms. The summed E-state index contributed by atoms with van der Waals surface area (Å²) in [5.41, 5.74) is 0. The molecule has 0 aromatic heterocycles. The van der Waals surface area contributed by atoms with E-state index in [1.165, 1.54) is 0 Å². The number of carbonyl (C=O) groups is 2. The lowest BCUT2D eigenvalue weighted by Crippen LogP contribution is -2.43. The van der Waals surface area contributed by atoms with Gasteiger partial charge in [-0.3, -0.25) is 19.4 Å². The van der Waals surface area contributed by atoms with Crippen LogP contribution in [0.2, 0.25) is 0 Å². The summed E-state index contributed by atoms with van der Waals surface area (Å²) in [6.07, 6.45) is 1.69.